The molecule has 0 spiro atoms. The lowest BCUT2D eigenvalue weighted by Gasteiger charge is -2.00. The summed E-state index contributed by atoms with van der Waals surface area (Å²) in [5, 5.41) is 0. The van der Waals surface area contributed by atoms with Crippen molar-refractivity contribution in [2.45, 2.75) is 13.8 Å². The largest absolute Gasteiger partial charge is 0.289 e. The molecule has 0 aliphatic rings. The second kappa shape index (κ2) is 12.3. The first kappa shape index (κ1) is 19.5. The van der Waals surface area contributed by atoms with E-state index in [0.29, 0.717) is 5.56 Å². The molecule has 2 rings (SSSR count). The summed E-state index contributed by atoms with van der Waals surface area (Å²) in [5.74, 6) is 5.42. The highest BCUT2D eigenvalue weighted by Gasteiger charge is 2.07. The summed E-state index contributed by atoms with van der Waals surface area (Å²) in [7, 11) is 0. The van der Waals surface area contributed by atoms with E-state index >= 15 is 0 Å². The van der Waals surface area contributed by atoms with Gasteiger partial charge in [-0.25, -0.2) is 0 Å². The molecular formula is C18H19BrOS. The minimum absolute atomic E-state index is 0.0584. The van der Waals surface area contributed by atoms with Gasteiger partial charge in [0.25, 0.3) is 0 Å². The maximum atomic E-state index is 11.9. The molecule has 0 bridgehead atoms. The Balaban J connectivity index is 0.000000579. The van der Waals surface area contributed by atoms with E-state index in [1.54, 1.807) is 6.26 Å². The maximum absolute atomic E-state index is 11.9. The molecule has 3 heteroatoms. The molecule has 21 heavy (non-hydrogen) atoms. The summed E-state index contributed by atoms with van der Waals surface area (Å²) in [6.07, 6.45) is 1.69. The van der Waals surface area contributed by atoms with Gasteiger partial charge in [-0.15, -0.1) is 11.8 Å². The van der Waals surface area contributed by atoms with Crippen molar-refractivity contribution in [3.05, 3.63) is 70.2 Å². The van der Waals surface area contributed by atoms with Gasteiger partial charge in [-0.2, -0.15) is 12.6 Å². The van der Waals surface area contributed by atoms with Crippen LogP contribution in [0.1, 0.15) is 29.8 Å². The van der Waals surface area contributed by atoms with Gasteiger partial charge >= 0.3 is 0 Å². The van der Waals surface area contributed by atoms with Crippen LogP contribution in [0.5, 0.6) is 0 Å². The van der Waals surface area contributed by atoms with Gasteiger partial charge in [-0.3, -0.25) is 4.79 Å². The molecular weight excluding hydrogens is 344 g/mol. The Labute approximate surface area is 141 Å². The van der Waals surface area contributed by atoms with Crippen molar-refractivity contribution in [2.75, 3.05) is 6.26 Å². The summed E-state index contributed by atoms with van der Waals surface area (Å²) in [4.78, 5) is 11.9. The fourth-order valence-corrected chi connectivity index (χ4v) is 1.62. The molecule has 0 amide bonds. The topological polar surface area (TPSA) is 17.1 Å². The van der Waals surface area contributed by atoms with Crippen molar-refractivity contribution in [3.63, 3.8) is 0 Å². The number of ketones is 1. The molecule has 0 aliphatic carbocycles. The van der Waals surface area contributed by atoms with Gasteiger partial charge < -0.3 is 0 Å². The number of hydrogen-bond donors (Lipinski definition) is 1. The minimum atomic E-state index is 0.0584. The van der Waals surface area contributed by atoms with Gasteiger partial charge in [0.15, 0.2) is 5.78 Å². The monoisotopic (exact) mass is 362 g/mol. The highest BCUT2D eigenvalue weighted by molar-refractivity contribution is 9.10. The van der Waals surface area contributed by atoms with Gasteiger partial charge in [0.2, 0.25) is 0 Å². The molecule has 0 radical (unpaired) electrons. The van der Waals surface area contributed by atoms with Crippen molar-refractivity contribution in [2.24, 2.45) is 0 Å². The zero-order valence-electron chi connectivity index (χ0n) is 12.4. The minimum Gasteiger partial charge on any atom is -0.289 e. The average Bonchev–Trinajstić information content (AvgIpc) is 2.58. The average molecular weight is 363 g/mol. The number of halogens is 1. The van der Waals surface area contributed by atoms with E-state index < -0.39 is 0 Å². The molecule has 0 saturated heterocycles. The van der Waals surface area contributed by atoms with Gasteiger partial charge in [0.1, 0.15) is 0 Å². The Morgan fingerprint density at radius 1 is 0.857 bits per heavy atom. The number of benzene rings is 2. The standard InChI is InChI=1S/C13H9BrO.C4H6.CH4S/c14-12-8-6-11(7-9-12)13(15)10-4-2-1-3-5-10;1-3-4-2;1-2/h1-9H;1-2H3;2H,1H3. The first-order chi connectivity index (χ1) is 10.2. The normalized spacial score (nSPS) is 8.05. The van der Waals surface area contributed by atoms with Crippen LogP contribution in [0.2, 0.25) is 0 Å². The van der Waals surface area contributed by atoms with Crippen LogP contribution in [0.25, 0.3) is 0 Å². The summed E-state index contributed by atoms with van der Waals surface area (Å²) < 4.78 is 0.979. The third kappa shape index (κ3) is 7.75. The van der Waals surface area contributed by atoms with E-state index in [1.807, 2.05) is 68.4 Å². The Hall–Kier alpha value is -1.50. The molecule has 0 saturated carbocycles. The van der Waals surface area contributed by atoms with Gasteiger partial charge in [0.05, 0.1) is 0 Å². The SMILES string of the molecule is CC#CC.CS.O=C(c1ccccc1)c1ccc(Br)cc1. The molecule has 0 unspecified atom stereocenters. The van der Waals surface area contributed by atoms with Crippen molar-refractivity contribution in [1.82, 2.24) is 0 Å². The molecule has 0 atom stereocenters. The summed E-state index contributed by atoms with van der Waals surface area (Å²) >= 11 is 6.87. The third-order valence-corrected chi connectivity index (χ3v) is 2.92. The molecule has 110 valence electrons. The molecule has 0 aromatic heterocycles. The fourth-order valence-electron chi connectivity index (χ4n) is 1.36. The van der Waals surface area contributed by atoms with Crippen LogP contribution in [0, 0.1) is 11.8 Å². The van der Waals surface area contributed by atoms with Crippen molar-refractivity contribution in [3.8, 4) is 11.8 Å². The van der Waals surface area contributed by atoms with Crippen LogP contribution >= 0.6 is 28.6 Å². The lowest BCUT2D eigenvalue weighted by Crippen LogP contribution is -2.00. The van der Waals surface area contributed by atoms with Crippen LogP contribution < -0.4 is 0 Å². The van der Waals surface area contributed by atoms with Crippen LogP contribution in [-0.2, 0) is 0 Å². The summed E-state index contributed by atoms with van der Waals surface area (Å²) in [6, 6.07) is 16.7. The van der Waals surface area contributed by atoms with E-state index in [4.69, 9.17) is 0 Å². The lowest BCUT2D eigenvalue weighted by molar-refractivity contribution is 0.103. The van der Waals surface area contributed by atoms with Crippen LogP contribution in [0.15, 0.2) is 59.1 Å². The molecule has 2 aromatic rings. The number of carbonyl (C=O) groups is 1. The van der Waals surface area contributed by atoms with Crippen LogP contribution in [-0.4, -0.2) is 12.0 Å². The first-order valence-corrected chi connectivity index (χ1v) is 8.01. The van der Waals surface area contributed by atoms with Crippen molar-refractivity contribution in [1.29, 1.82) is 0 Å². The molecule has 0 heterocycles. The maximum Gasteiger partial charge on any atom is 0.193 e. The molecule has 0 N–H and O–H groups in total. The fraction of sp³-hybridized carbons (Fsp3) is 0.167. The zero-order chi connectivity index (χ0) is 16.1. The van der Waals surface area contributed by atoms with Crippen molar-refractivity contribution < 1.29 is 4.79 Å². The van der Waals surface area contributed by atoms with E-state index in [0.717, 1.165) is 10.0 Å². The van der Waals surface area contributed by atoms with Crippen molar-refractivity contribution >= 4 is 34.3 Å². The van der Waals surface area contributed by atoms with Crippen LogP contribution in [0.3, 0.4) is 0 Å². The smallest absolute Gasteiger partial charge is 0.193 e. The second-order valence-corrected chi connectivity index (χ2v) is 4.62. The third-order valence-electron chi connectivity index (χ3n) is 2.39. The molecule has 1 nitrogen and oxygen atoms in total. The quantitative estimate of drug-likeness (QED) is 0.438. The van der Waals surface area contributed by atoms with Gasteiger partial charge in [-0.1, -0.05) is 46.3 Å². The lowest BCUT2D eigenvalue weighted by atomic mass is 10.0. The Bertz CT molecular complexity index is 574. The van der Waals surface area contributed by atoms with E-state index in [1.165, 1.54) is 0 Å². The molecule has 0 fully saturated rings. The van der Waals surface area contributed by atoms with E-state index in [-0.39, 0.29) is 5.78 Å². The predicted octanol–water partition coefficient (Wildman–Crippen LogP) is 5.26. The number of hydrogen-bond acceptors (Lipinski definition) is 2. The second-order valence-electron chi connectivity index (χ2n) is 3.70. The Morgan fingerprint density at radius 3 is 1.71 bits per heavy atom. The molecule has 0 aliphatic heterocycles. The van der Waals surface area contributed by atoms with E-state index in [2.05, 4.69) is 40.4 Å². The number of carbonyl (C=O) groups excluding carboxylic acids is 1. The summed E-state index contributed by atoms with van der Waals surface area (Å²) in [6.45, 7) is 3.64. The highest BCUT2D eigenvalue weighted by Crippen LogP contribution is 2.14. The molecule has 2 aromatic carbocycles. The van der Waals surface area contributed by atoms with Gasteiger partial charge in [-0.05, 0) is 44.4 Å². The number of rotatable bonds is 2. The highest BCUT2D eigenvalue weighted by atomic mass is 79.9. The van der Waals surface area contributed by atoms with E-state index in [9.17, 15) is 4.79 Å². The number of thiol groups is 1. The first-order valence-electron chi connectivity index (χ1n) is 6.32. The Kier molecular flexibility index (Phi) is 11.4. The Morgan fingerprint density at radius 2 is 1.29 bits per heavy atom. The predicted molar refractivity (Wildman–Crippen MR) is 98.1 cm³/mol. The van der Waals surface area contributed by atoms with Gasteiger partial charge in [0, 0.05) is 15.6 Å². The van der Waals surface area contributed by atoms with Crippen LogP contribution in [0.4, 0.5) is 0 Å². The summed E-state index contributed by atoms with van der Waals surface area (Å²) in [5.41, 5.74) is 1.43. The zero-order valence-corrected chi connectivity index (χ0v) is 14.9.